The Hall–Kier alpha value is -0.620. The number of hydrazine groups is 1. The number of nitrogens with two attached hydrogens (primary N) is 1. The standard InChI is InChI=1S/C3H8N2O3S/c1-3(6)5(4)9(2,7)8/h4H2,1-2H3. The van der Waals surface area contributed by atoms with E-state index in [0.29, 0.717) is 0 Å². The average Bonchev–Trinajstić information content (AvgIpc) is 1.62. The Labute approximate surface area is 53.5 Å². The van der Waals surface area contributed by atoms with E-state index in [1.165, 1.54) is 0 Å². The number of hydrogen-bond donors (Lipinski definition) is 1. The lowest BCUT2D eigenvalue weighted by Gasteiger charge is -2.09. The Morgan fingerprint density at radius 2 is 1.89 bits per heavy atom. The summed E-state index contributed by atoms with van der Waals surface area (Å²) in [6, 6.07) is 0. The molecule has 0 aromatic heterocycles. The van der Waals surface area contributed by atoms with Crippen molar-refractivity contribution in [2.45, 2.75) is 6.92 Å². The normalized spacial score (nSPS) is 11.0. The fourth-order valence-electron chi connectivity index (χ4n) is 0.234. The molecule has 0 aliphatic rings. The molecule has 9 heavy (non-hydrogen) atoms. The number of hydrogen-bond acceptors (Lipinski definition) is 4. The molecular formula is C3H8N2O3S. The van der Waals surface area contributed by atoms with Crippen LogP contribution >= 0.6 is 0 Å². The molecule has 0 rings (SSSR count). The third kappa shape index (κ3) is 2.43. The van der Waals surface area contributed by atoms with E-state index in [2.05, 4.69) is 0 Å². The molecule has 0 aromatic rings. The van der Waals surface area contributed by atoms with E-state index in [1.807, 2.05) is 0 Å². The molecule has 2 N–H and O–H groups in total. The van der Waals surface area contributed by atoms with Gasteiger partial charge in [0.1, 0.15) is 0 Å². The van der Waals surface area contributed by atoms with E-state index < -0.39 is 15.9 Å². The van der Waals surface area contributed by atoms with Gasteiger partial charge in [-0.3, -0.25) is 4.79 Å². The minimum absolute atomic E-state index is 0.187. The molecule has 1 amide bonds. The van der Waals surface area contributed by atoms with Gasteiger partial charge in [0.25, 0.3) is 0 Å². The maximum Gasteiger partial charge on any atom is 0.247 e. The predicted molar refractivity (Wildman–Crippen MR) is 31.6 cm³/mol. The highest BCUT2D eigenvalue weighted by atomic mass is 32.2. The second kappa shape index (κ2) is 2.32. The monoisotopic (exact) mass is 152 g/mol. The van der Waals surface area contributed by atoms with Gasteiger partial charge in [0.15, 0.2) is 0 Å². The van der Waals surface area contributed by atoms with Crippen LogP contribution in [0, 0.1) is 0 Å². The molecule has 0 unspecified atom stereocenters. The molecule has 0 fully saturated rings. The Morgan fingerprint density at radius 3 is 1.89 bits per heavy atom. The van der Waals surface area contributed by atoms with Crippen LogP contribution in [0.2, 0.25) is 0 Å². The van der Waals surface area contributed by atoms with Crippen molar-refractivity contribution in [2.75, 3.05) is 6.26 Å². The first kappa shape index (κ1) is 8.38. The van der Waals surface area contributed by atoms with E-state index in [9.17, 15) is 13.2 Å². The first-order chi connectivity index (χ1) is 3.85. The van der Waals surface area contributed by atoms with Gasteiger partial charge in [-0.05, 0) is 0 Å². The van der Waals surface area contributed by atoms with Crippen molar-refractivity contribution in [3.8, 4) is 0 Å². The maximum atomic E-state index is 10.4. The van der Waals surface area contributed by atoms with Gasteiger partial charge in [0, 0.05) is 6.92 Å². The topological polar surface area (TPSA) is 80.5 Å². The predicted octanol–water partition coefficient (Wildman–Crippen LogP) is -1.33. The molecule has 0 aliphatic carbocycles. The SMILES string of the molecule is CC(=O)N(N)S(C)(=O)=O. The molecule has 6 heteroatoms. The lowest BCUT2D eigenvalue weighted by atomic mass is 10.8. The van der Waals surface area contributed by atoms with Crippen molar-refractivity contribution in [3.63, 3.8) is 0 Å². The van der Waals surface area contributed by atoms with Gasteiger partial charge in [-0.1, -0.05) is 0 Å². The van der Waals surface area contributed by atoms with Gasteiger partial charge >= 0.3 is 0 Å². The molecule has 54 valence electrons. The van der Waals surface area contributed by atoms with Crippen LogP contribution in [0.3, 0.4) is 0 Å². The molecule has 5 nitrogen and oxygen atoms in total. The molecule has 0 bridgehead atoms. The number of carbonyl (C=O) groups excluding carboxylic acids is 1. The van der Waals surface area contributed by atoms with E-state index in [-0.39, 0.29) is 4.41 Å². The van der Waals surface area contributed by atoms with Crippen LogP contribution in [-0.4, -0.2) is 25.0 Å². The van der Waals surface area contributed by atoms with Gasteiger partial charge in [0.2, 0.25) is 15.9 Å². The van der Waals surface area contributed by atoms with Crippen molar-refractivity contribution in [1.82, 2.24) is 4.41 Å². The zero-order chi connectivity index (χ0) is 7.65. The molecule has 0 aromatic carbocycles. The third-order valence-corrected chi connectivity index (χ3v) is 1.64. The molecular weight excluding hydrogens is 144 g/mol. The molecule has 0 heterocycles. The maximum absolute atomic E-state index is 10.4. The van der Waals surface area contributed by atoms with E-state index >= 15 is 0 Å². The summed E-state index contributed by atoms with van der Waals surface area (Å²) >= 11 is 0. The van der Waals surface area contributed by atoms with Crippen LogP contribution in [-0.2, 0) is 14.8 Å². The van der Waals surface area contributed by atoms with Gasteiger partial charge in [-0.25, -0.2) is 14.3 Å². The van der Waals surface area contributed by atoms with Crippen LogP contribution < -0.4 is 5.84 Å². The van der Waals surface area contributed by atoms with Gasteiger partial charge in [0.05, 0.1) is 6.26 Å². The number of carbonyl (C=O) groups is 1. The van der Waals surface area contributed by atoms with Crippen molar-refractivity contribution < 1.29 is 13.2 Å². The lowest BCUT2D eigenvalue weighted by Crippen LogP contribution is -2.40. The lowest BCUT2D eigenvalue weighted by molar-refractivity contribution is -0.124. The van der Waals surface area contributed by atoms with Crippen LogP contribution in [0.15, 0.2) is 0 Å². The molecule has 0 spiro atoms. The van der Waals surface area contributed by atoms with Crippen molar-refractivity contribution >= 4 is 15.9 Å². The van der Waals surface area contributed by atoms with Crippen LogP contribution in [0.4, 0.5) is 0 Å². The number of nitrogens with zero attached hydrogens (tertiary/aromatic N) is 1. The molecule has 0 radical (unpaired) electrons. The van der Waals surface area contributed by atoms with E-state index in [0.717, 1.165) is 13.2 Å². The fraction of sp³-hybridized carbons (Fsp3) is 0.667. The van der Waals surface area contributed by atoms with Gasteiger partial charge in [-0.2, -0.15) is 4.41 Å². The highest BCUT2D eigenvalue weighted by Gasteiger charge is 2.13. The quantitative estimate of drug-likeness (QED) is 0.287. The van der Waals surface area contributed by atoms with Gasteiger partial charge in [-0.15, -0.1) is 0 Å². The summed E-state index contributed by atoms with van der Waals surface area (Å²) in [6.07, 6.45) is 0.856. The minimum atomic E-state index is -3.54. The van der Waals surface area contributed by atoms with E-state index in [1.54, 1.807) is 0 Å². The molecule has 0 atom stereocenters. The summed E-state index contributed by atoms with van der Waals surface area (Å²) < 4.78 is 20.9. The molecule has 0 aliphatic heterocycles. The summed E-state index contributed by atoms with van der Waals surface area (Å²) in [4.78, 5) is 10.2. The number of rotatable bonds is 1. The van der Waals surface area contributed by atoms with E-state index in [4.69, 9.17) is 5.84 Å². The molecule has 0 saturated heterocycles. The highest BCUT2D eigenvalue weighted by molar-refractivity contribution is 7.88. The Kier molecular flexibility index (Phi) is 2.16. The minimum Gasteiger partial charge on any atom is -0.273 e. The first-order valence-corrected chi connectivity index (χ1v) is 3.96. The zero-order valence-corrected chi connectivity index (χ0v) is 5.97. The number of amides is 1. The van der Waals surface area contributed by atoms with Crippen molar-refractivity contribution in [1.29, 1.82) is 0 Å². The Morgan fingerprint density at radius 1 is 1.56 bits per heavy atom. The van der Waals surface area contributed by atoms with Gasteiger partial charge < -0.3 is 0 Å². The zero-order valence-electron chi connectivity index (χ0n) is 5.16. The van der Waals surface area contributed by atoms with Crippen LogP contribution in [0.25, 0.3) is 0 Å². The largest absolute Gasteiger partial charge is 0.273 e. The van der Waals surface area contributed by atoms with Crippen LogP contribution in [0.1, 0.15) is 6.92 Å². The summed E-state index contributed by atoms with van der Waals surface area (Å²) in [5.41, 5.74) is 0. The summed E-state index contributed by atoms with van der Waals surface area (Å²) in [5.74, 6) is 4.09. The van der Waals surface area contributed by atoms with Crippen molar-refractivity contribution in [3.05, 3.63) is 0 Å². The highest BCUT2D eigenvalue weighted by Crippen LogP contribution is 1.87. The first-order valence-electron chi connectivity index (χ1n) is 2.11. The Balaban J connectivity index is 4.43. The second-order valence-electron chi connectivity index (χ2n) is 1.58. The fourth-order valence-corrected chi connectivity index (χ4v) is 0.701. The number of sulfonamides is 1. The van der Waals surface area contributed by atoms with Crippen LogP contribution in [0.5, 0.6) is 0 Å². The summed E-state index contributed by atoms with van der Waals surface area (Å²) in [7, 11) is -3.54. The second-order valence-corrected chi connectivity index (χ2v) is 3.44. The summed E-state index contributed by atoms with van der Waals surface area (Å²) in [6.45, 7) is 1.07. The van der Waals surface area contributed by atoms with Crippen molar-refractivity contribution in [2.24, 2.45) is 5.84 Å². The smallest absolute Gasteiger partial charge is 0.247 e. The molecule has 0 saturated carbocycles. The third-order valence-electron chi connectivity index (χ3n) is 0.668. The Bertz CT molecular complexity index is 207. The average molecular weight is 152 g/mol. The summed E-state index contributed by atoms with van der Waals surface area (Å²) in [5, 5.41) is 0.